The van der Waals surface area contributed by atoms with Gasteiger partial charge in [0.05, 0.1) is 17.9 Å². The van der Waals surface area contributed by atoms with Gasteiger partial charge in [-0.1, -0.05) is 0 Å². The van der Waals surface area contributed by atoms with Gasteiger partial charge in [0.15, 0.2) is 0 Å². The van der Waals surface area contributed by atoms with E-state index in [1.54, 1.807) is 6.92 Å². The standard InChI is InChI=1S/C9H9NO4/c1-2-14-6(11)4-3-5-7(10)9(13)8(5)12/h3-4H,2,10H2,1H3. The maximum atomic E-state index is 10.9. The smallest absolute Gasteiger partial charge is 0.330 e. The zero-order chi connectivity index (χ0) is 10.7. The van der Waals surface area contributed by atoms with Gasteiger partial charge in [-0.15, -0.1) is 0 Å². The Hall–Kier alpha value is -1.91. The maximum Gasteiger partial charge on any atom is 0.330 e. The van der Waals surface area contributed by atoms with Crippen LogP contribution in [-0.4, -0.2) is 12.6 Å². The van der Waals surface area contributed by atoms with E-state index in [9.17, 15) is 14.4 Å². The summed E-state index contributed by atoms with van der Waals surface area (Å²) in [6, 6.07) is 0. The Labute approximate surface area is 79.5 Å². The number of nitrogens with two attached hydrogens (primary N) is 1. The molecule has 0 spiro atoms. The molecule has 0 aliphatic carbocycles. The summed E-state index contributed by atoms with van der Waals surface area (Å²) in [5.74, 6) is -0.569. The molecule has 0 aliphatic rings. The first-order valence-electron chi connectivity index (χ1n) is 4.01. The van der Waals surface area contributed by atoms with Crippen LogP contribution in [0.2, 0.25) is 0 Å². The molecule has 0 aromatic heterocycles. The van der Waals surface area contributed by atoms with Crippen LogP contribution >= 0.6 is 0 Å². The quantitative estimate of drug-likeness (QED) is 0.397. The van der Waals surface area contributed by atoms with Crippen molar-refractivity contribution in [2.75, 3.05) is 12.3 Å². The molecule has 0 fully saturated rings. The van der Waals surface area contributed by atoms with Crippen LogP contribution in [0.3, 0.4) is 0 Å². The summed E-state index contributed by atoms with van der Waals surface area (Å²) < 4.78 is 4.57. The molecular formula is C9H9NO4. The summed E-state index contributed by atoms with van der Waals surface area (Å²) in [6.45, 7) is 1.92. The molecule has 0 aliphatic heterocycles. The number of hydrogen-bond acceptors (Lipinski definition) is 5. The molecule has 2 N–H and O–H groups in total. The molecule has 0 amide bonds. The minimum atomic E-state index is -0.700. The first kappa shape index (κ1) is 10.2. The van der Waals surface area contributed by atoms with Crippen LogP contribution in [0.15, 0.2) is 15.7 Å². The lowest BCUT2D eigenvalue weighted by molar-refractivity contribution is -0.137. The van der Waals surface area contributed by atoms with Gasteiger partial charge in [-0.25, -0.2) is 4.79 Å². The lowest BCUT2D eigenvalue weighted by Gasteiger charge is -2.00. The van der Waals surface area contributed by atoms with Crippen LogP contribution in [0, 0.1) is 0 Å². The van der Waals surface area contributed by atoms with Crippen LogP contribution in [0.4, 0.5) is 5.69 Å². The van der Waals surface area contributed by atoms with Gasteiger partial charge in [-0.3, -0.25) is 9.59 Å². The molecule has 14 heavy (non-hydrogen) atoms. The third-order valence-corrected chi connectivity index (χ3v) is 1.66. The number of nitrogen functional groups attached to an aromatic ring is 1. The molecule has 0 heterocycles. The van der Waals surface area contributed by atoms with E-state index in [0.29, 0.717) is 0 Å². The van der Waals surface area contributed by atoms with Crippen molar-refractivity contribution in [2.24, 2.45) is 0 Å². The van der Waals surface area contributed by atoms with E-state index in [1.807, 2.05) is 0 Å². The highest BCUT2D eigenvalue weighted by Gasteiger charge is 2.14. The van der Waals surface area contributed by atoms with Gasteiger partial charge >= 0.3 is 5.97 Å². The number of carbonyl (C=O) groups excluding carboxylic acids is 1. The third-order valence-electron chi connectivity index (χ3n) is 1.66. The van der Waals surface area contributed by atoms with Crippen LogP contribution < -0.4 is 16.6 Å². The third kappa shape index (κ3) is 1.71. The number of ether oxygens (including phenoxy) is 1. The molecule has 1 aromatic rings. The van der Waals surface area contributed by atoms with Crippen molar-refractivity contribution in [3.8, 4) is 0 Å². The highest BCUT2D eigenvalue weighted by molar-refractivity contribution is 5.88. The number of hydrogen-bond donors (Lipinski definition) is 1. The number of anilines is 1. The molecule has 0 unspecified atom stereocenters. The summed E-state index contributed by atoms with van der Waals surface area (Å²) in [5, 5.41) is 0. The van der Waals surface area contributed by atoms with E-state index in [2.05, 4.69) is 4.74 Å². The topological polar surface area (TPSA) is 86.5 Å². The van der Waals surface area contributed by atoms with E-state index in [-0.39, 0.29) is 17.9 Å². The molecule has 0 atom stereocenters. The largest absolute Gasteiger partial charge is 0.463 e. The fourth-order valence-corrected chi connectivity index (χ4v) is 0.934. The Morgan fingerprint density at radius 1 is 1.43 bits per heavy atom. The van der Waals surface area contributed by atoms with Gasteiger partial charge in [0.25, 0.3) is 0 Å². The average molecular weight is 195 g/mol. The zero-order valence-corrected chi connectivity index (χ0v) is 7.57. The predicted molar refractivity (Wildman–Crippen MR) is 51.4 cm³/mol. The fraction of sp³-hybridized carbons (Fsp3) is 0.222. The first-order valence-corrected chi connectivity index (χ1v) is 4.01. The van der Waals surface area contributed by atoms with Crippen molar-refractivity contribution in [2.45, 2.75) is 6.92 Å². The summed E-state index contributed by atoms with van der Waals surface area (Å²) in [6.07, 6.45) is 2.26. The van der Waals surface area contributed by atoms with Crippen molar-refractivity contribution >= 4 is 17.7 Å². The fourth-order valence-electron chi connectivity index (χ4n) is 0.934. The average Bonchev–Trinajstić information content (AvgIpc) is 2.17. The first-order chi connectivity index (χ1) is 6.57. The second kappa shape index (κ2) is 3.87. The van der Waals surface area contributed by atoms with Gasteiger partial charge in [0.2, 0.25) is 10.9 Å². The SMILES string of the molecule is CCOC(=O)C=Cc1c(N)c(=O)c1=O. The van der Waals surface area contributed by atoms with Crippen molar-refractivity contribution in [1.82, 2.24) is 0 Å². The zero-order valence-electron chi connectivity index (χ0n) is 7.57. The van der Waals surface area contributed by atoms with Crippen molar-refractivity contribution in [3.05, 3.63) is 32.1 Å². The number of rotatable bonds is 3. The van der Waals surface area contributed by atoms with E-state index >= 15 is 0 Å². The van der Waals surface area contributed by atoms with Crippen molar-refractivity contribution in [1.29, 1.82) is 0 Å². The van der Waals surface area contributed by atoms with E-state index in [1.165, 1.54) is 6.08 Å². The van der Waals surface area contributed by atoms with Gasteiger partial charge < -0.3 is 10.5 Å². The van der Waals surface area contributed by atoms with Gasteiger partial charge in [-0.05, 0) is 13.0 Å². The monoisotopic (exact) mass is 195 g/mol. The van der Waals surface area contributed by atoms with Crippen LogP contribution in [0.25, 0.3) is 6.08 Å². The normalized spacial score (nSPS) is 10.9. The minimum absolute atomic E-state index is 0.0723. The molecule has 74 valence electrons. The van der Waals surface area contributed by atoms with E-state index in [0.717, 1.165) is 6.08 Å². The summed E-state index contributed by atoms with van der Waals surface area (Å²) in [7, 11) is 0. The molecule has 5 heteroatoms. The summed E-state index contributed by atoms with van der Waals surface area (Å²) >= 11 is 0. The molecule has 0 saturated heterocycles. The molecule has 1 rings (SSSR count). The predicted octanol–water partition coefficient (Wildman–Crippen LogP) is -0.559. The second-order valence-electron chi connectivity index (χ2n) is 2.57. The Bertz CT molecular complexity index is 451. The highest BCUT2D eigenvalue weighted by Crippen LogP contribution is 2.04. The maximum absolute atomic E-state index is 10.9. The van der Waals surface area contributed by atoms with E-state index < -0.39 is 16.8 Å². The lowest BCUT2D eigenvalue weighted by atomic mass is 10.1. The minimum Gasteiger partial charge on any atom is -0.463 e. The summed E-state index contributed by atoms with van der Waals surface area (Å²) in [4.78, 5) is 32.3. The van der Waals surface area contributed by atoms with Crippen LogP contribution in [0.5, 0.6) is 0 Å². The Morgan fingerprint density at radius 2 is 2.07 bits per heavy atom. The van der Waals surface area contributed by atoms with Crippen LogP contribution in [-0.2, 0) is 9.53 Å². The molecular weight excluding hydrogens is 186 g/mol. The number of esters is 1. The molecule has 0 radical (unpaired) electrons. The second-order valence-corrected chi connectivity index (χ2v) is 2.57. The lowest BCUT2D eigenvalue weighted by Crippen LogP contribution is -2.36. The Morgan fingerprint density at radius 3 is 2.57 bits per heavy atom. The Balaban J connectivity index is 2.76. The molecule has 5 nitrogen and oxygen atoms in total. The molecule has 1 aromatic carbocycles. The van der Waals surface area contributed by atoms with Crippen molar-refractivity contribution in [3.63, 3.8) is 0 Å². The molecule has 0 bridgehead atoms. The van der Waals surface area contributed by atoms with Gasteiger partial charge in [0, 0.05) is 6.08 Å². The van der Waals surface area contributed by atoms with Gasteiger partial charge in [0.1, 0.15) is 0 Å². The molecule has 0 saturated carbocycles. The number of carbonyl (C=O) groups is 1. The van der Waals surface area contributed by atoms with Crippen LogP contribution in [0.1, 0.15) is 12.5 Å². The summed E-state index contributed by atoms with van der Waals surface area (Å²) in [5.41, 5.74) is 3.83. The Kier molecular flexibility index (Phi) is 2.81. The van der Waals surface area contributed by atoms with Gasteiger partial charge in [-0.2, -0.15) is 0 Å². The highest BCUT2D eigenvalue weighted by atomic mass is 16.5. The van der Waals surface area contributed by atoms with Crippen molar-refractivity contribution < 1.29 is 9.53 Å². The van der Waals surface area contributed by atoms with E-state index in [4.69, 9.17) is 5.73 Å².